The van der Waals surface area contributed by atoms with Crippen molar-refractivity contribution in [2.24, 2.45) is 5.73 Å². The number of hydrogen-bond donors (Lipinski definition) is 3. The monoisotopic (exact) mass is 458 g/mol. The van der Waals surface area contributed by atoms with Crippen molar-refractivity contribution in [3.8, 4) is 11.3 Å². The van der Waals surface area contributed by atoms with E-state index in [9.17, 15) is 9.59 Å². The van der Waals surface area contributed by atoms with E-state index in [1.807, 2.05) is 41.1 Å². The lowest BCUT2D eigenvalue weighted by molar-refractivity contribution is 0.0937. The SMILES string of the molecule is CC(=O)n1cc(-c2nc3cc(C(=O)NCCN)ccn3c2NC2CCCCC2)c2ccccc21. The van der Waals surface area contributed by atoms with Gasteiger partial charge in [0, 0.05) is 55.0 Å². The average molecular weight is 459 g/mol. The van der Waals surface area contributed by atoms with Gasteiger partial charge in [-0.3, -0.25) is 18.6 Å². The molecule has 1 aliphatic rings. The van der Waals surface area contributed by atoms with Gasteiger partial charge in [0.2, 0.25) is 5.91 Å². The largest absolute Gasteiger partial charge is 0.367 e. The van der Waals surface area contributed by atoms with E-state index < -0.39 is 0 Å². The molecule has 8 heteroatoms. The van der Waals surface area contributed by atoms with Crippen molar-refractivity contribution < 1.29 is 9.59 Å². The van der Waals surface area contributed by atoms with Crippen molar-refractivity contribution in [1.29, 1.82) is 0 Å². The molecule has 5 rings (SSSR count). The minimum Gasteiger partial charge on any atom is -0.367 e. The van der Waals surface area contributed by atoms with Crippen LogP contribution >= 0.6 is 0 Å². The first kappa shape index (κ1) is 22.2. The van der Waals surface area contributed by atoms with Gasteiger partial charge in [-0.05, 0) is 31.0 Å². The molecule has 4 N–H and O–H groups in total. The van der Waals surface area contributed by atoms with Crippen molar-refractivity contribution in [3.05, 3.63) is 54.4 Å². The number of carbonyl (C=O) groups excluding carboxylic acids is 2. The molecule has 1 fully saturated rings. The van der Waals surface area contributed by atoms with Crippen LogP contribution in [0.5, 0.6) is 0 Å². The molecule has 4 aromatic rings. The molecule has 1 aliphatic carbocycles. The minimum atomic E-state index is -0.174. The fourth-order valence-corrected chi connectivity index (χ4v) is 4.87. The van der Waals surface area contributed by atoms with Crippen LogP contribution in [-0.2, 0) is 0 Å². The second kappa shape index (κ2) is 9.30. The average Bonchev–Trinajstić information content (AvgIpc) is 3.41. The highest BCUT2D eigenvalue weighted by Gasteiger charge is 2.23. The molecule has 1 amide bonds. The Morgan fingerprint density at radius 2 is 1.94 bits per heavy atom. The molecular formula is C26H30N6O2. The molecule has 3 heterocycles. The van der Waals surface area contributed by atoms with Gasteiger partial charge in [-0.2, -0.15) is 0 Å². The lowest BCUT2D eigenvalue weighted by Crippen LogP contribution is -2.29. The number of hydrogen-bond acceptors (Lipinski definition) is 5. The van der Waals surface area contributed by atoms with Crippen LogP contribution in [0.4, 0.5) is 5.82 Å². The molecule has 0 spiro atoms. The maximum atomic E-state index is 12.5. The van der Waals surface area contributed by atoms with Crippen LogP contribution in [0.15, 0.2) is 48.8 Å². The minimum absolute atomic E-state index is 0.0492. The second-order valence-electron chi connectivity index (χ2n) is 8.93. The van der Waals surface area contributed by atoms with E-state index in [1.165, 1.54) is 19.3 Å². The molecule has 0 atom stereocenters. The second-order valence-corrected chi connectivity index (χ2v) is 8.93. The summed E-state index contributed by atoms with van der Waals surface area (Å²) in [6.07, 6.45) is 9.67. The summed E-state index contributed by atoms with van der Waals surface area (Å²) >= 11 is 0. The van der Waals surface area contributed by atoms with Gasteiger partial charge in [0.25, 0.3) is 5.91 Å². The number of anilines is 1. The number of fused-ring (bicyclic) bond motifs is 2. The molecule has 0 radical (unpaired) electrons. The summed E-state index contributed by atoms with van der Waals surface area (Å²) in [5, 5.41) is 7.53. The maximum absolute atomic E-state index is 12.5. The highest BCUT2D eigenvalue weighted by Crippen LogP contribution is 2.37. The van der Waals surface area contributed by atoms with Crippen LogP contribution in [0.2, 0.25) is 0 Å². The Labute approximate surface area is 198 Å². The summed E-state index contributed by atoms with van der Waals surface area (Å²) in [5.41, 5.74) is 9.26. The van der Waals surface area contributed by atoms with E-state index >= 15 is 0 Å². The summed E-state index contributed by atoms with van der Waals surface area (Å²) in [4.78, 5) is 29.8. The van der Waals surface area contributed by atoms with Crippen molar-refractivity contribution in [2.75, 3.05) is 18.4 Å². The van der Waals surface area contributed by atoms with Gasteiger partial charge >= 0.3 is 0 Å². The van der Waals surface area contributed by atoms with E-state index in [0.717, 1.165) is 40.8 Å². The molecular weight excluding hydrogens is 428 g/mol. The molecule has 1 aromatic carbocycles. The number of nitrogens with zero attached hydrogens (tertiary/aromatic N) is 3. The van der Waals surface area contributed by atoms with Crippen LogP contribution in [0.25, 0.3) is 27.8 Å². The number of imidazole rings is 1. The van der Waals surface area contributed by atoms with Crippen LogP contribution in [0, 0.1) is 0 Å². The van der Waals surface area contributed by atoms with Gasteiger partial charge in [-0.15, -0.1) is 0 Å². The first-order valence-corrected chi connectivity index (χ1v) is 11.9. The number of para-hydroxylation sites is 1. The van der Waals surface area contributed by atoms with Crippen molar-refractivity contribution in [2.45, 2.75) is 45.1 Å². The number of nitrogens with one attached hydrogen (secondary N) is 2. The van der Waals surface area contributed by atoms with E-state index in [2.05, 4.69) is 10.6 Å². The molecule has 0 aliphatic heterocycles. The Morgan fingerprint density at radius 3 is 2.71 bits per heavy atom. The lowest BCUT2D eigenvalue weighted by atomic mass is 9.95. The Kier molecular flexibility index (Phi) is 6.06. The Balaban J connectivity index is 1.67. The summed E-state index contributed by atoms with van der Waals surface area (Å²) < 4.78 is 3.67. The van der Waals surface area contributed by atoms with E-state index in [1.54, 1.807) is 23.6 Å². The quantitative estimate of drug-likeness (QED) is 0.404. The fourth-order valence-electron chi connectivity index (χ4n) is 4.87. The standard InChI is InChI=1S/C26H30N6O2/c1-17(33)32-16-21(20-9-5-6-10-22(20)32)24-25(29-19-7-3-2-4-8-19)31-14-11-18(15-23(31)30-24)26(34)28-13-12-27/h5-6,9-11,14-16,19,29H,2-4,7-8,12-13,27H2,1H3,(H,28,34). The van der Waals surface area contributed by atoms with Crippen LogP contribution < -0.4 is 16.4 Å². The van der Waals surface area contributed by atoms with Crippen molar-refractivity contribution in [3.63, 3.8) is 0 Å². The smallest absolute Gasteiger partial charge is 0.251 e. The maximum Gasteiger partial charge on any atom is 0.251 e. The molecule has 0 saturated heterocycles. The zero-order valence-corrected chi connectivity index (χ0v) is 19.4. The van der Waals surface area contributed by atoms with Gasteiger partial charge in [0.1, 0.15) is 17.2 Å². The van der Waals surface area contributed by atoms with E-state index in [4.69, 9.17) is 10.7 Å². The third kappa shape index (κ3) is 4.05. The van der Waals surface area contributed by atoms with Gasteiger partial charge in [-0.1, -0.05) is 37.5 Å². The van der Waals surface area contributed by atoms with Crippen LogP contribution in [0.3, 0.4) is 0 Å². The van der Waals surface area contributed by atoms with E-state index in [0.29, 0.717) is 30.3 Å². The lowest BCUT2D eigenvalue weighted by Gasteiger charge is -2.24. The summed E-state index contributed by atoms with van der Waals surface area (Å²) in [5.74, 6) is 0.668. The van der Waals surface area contributed by atoms with E-state index in [-0.39, 0.29) is 11.8 Å². The molecule has 0 bridgehead atoms. The normalized spacial score (nSPS) is 14.5. The summed E-state index contributed by atoms with van der Waals surface area (Å²) in [7, 11) is 0. The summed E-state index contributed by atoms with van der Waals surface area (Å²) in [6.45, 7) is 2.37. The number of nitrogens with two attached hydrogens (primary N) is 1. The third-order valence-corrected chi connectivity index (χ3v) is 6.57. The van der Waals surface area contributed by atoms with Crippen LogP contribution in [0.1, 0.15) is 54.2 Å². The van der Waals surface area contributed by atoms with Crippen molar-refractivity contribution in [1.82, 2.24) is 19.3 Å². The first-order valence-electron chi connectivity index (χ1n) is 11.9. The van der Waals surface area contributed by atoms with Crippen LogP contribution in [-0.4, -0.2) is 44.9 Å². The Morgan fingerprint density at radius 1 is 1.15 bits per heavy atom. The number of pyridine rings is 1. The predicted molar refractivity (Wildman–Crippen MR) is 134 cm³/mol. The topological polar surface area (TPSA) is 106 Å². The number of rotatable bonds is 6. The predicted octanol–water partition coefficient (Wildman–Crippen LogP) is 4.05. The fraction of sp³-hybridized carbons (Fsp3) is 0.346. The zero-order valence-electron chi connectivity index (χ0n) is 19.4. The first-order chi connectivity index (χ1) is 16.6. The van der Waals surface area contributed by atoms with Gasteiger partial charge in [-0.25, -0.2) is 4.98 Å². The zero-order chi connectivity index (χ0) is 23.7. The van der Waals surface area contributed by atoms with Gasteiger partial charge in [0.15, 0.2) is 0 Å². The third-order valence-electron chi connectivity index (χ3n) is 6.57. The molecule has 8 nitrogen and oxygen atoms in total. The van der Waals surface area contributed by atoms with Crippen molar-refractivity contribution >= 4 is 34.2 Å². The number of benzene rings is 1. The number of carbonyl (C=O) groups is 2. The number of aromatic nitrogens is 3. The highest BCUT2D eigenvalue weighted by molar-refractivity contribution is 6.03. The molecule has 1 saturated carbocycles. The summed E-state index contributed by atoms with van der Waals surface area (Å²) in [6, 6.07) is 11.8. The number of amides is 1. The van der Waals surface area contributed by atoms with Gasteiger partial charge in [0.05, 0.1) is 5.52 Å². The van der Waals surface area contributed by atoms with Gasteiger partial charge < -0.3 is 16.4 Å². The molecule has 34 heavy (non-hydrogen) atoms. The highest BCUT2D eigenvalue weighted by atomic mass is 16.2. The molecule has 176 valence electrons. The Hall–Kier alpha value is -3.65. The Bertz CT molecular complexity index is 1360. The molecule has 0 unspecified atom stereocenters. The molecule has 3 aromatic heterocycles.